The molecule has 0 bridgehead atoms. The van der Waals surface area contributed by atoms with Crippen molar-refractivity contribution in [2.24, 2.45) is 0 Å². The minimum atomic E-state index is -0.317. The smallest absolute Gasteiger partial charge is 0.178 e. The van der Waals surface area contributed by atoms with Gasteiger partial charge in [-0.15, -0.1) is 0 Å². The van der Waals surface area contributed by atoms with Crippen LogP contribution >= 0.6 is 31.9 Å². The summed E-state index contributed by atoms with van der Waals surface area (Å²) in [6.07, 6.45) is 5.57. The average Bonchev–Trinajstić information content (AvgIpc) is 2.53. The summed E-state index contributed by atoms with van der Waals surface area (Å²) in [7, 11) is 0. The lowest BCUT2D eigenvalue weighted by Crippen LogP contribution is -1.85. The highest BCUT2D eigenvalue weighted by Gasteiger charge is 2.06. The standard InChI is InChI=1S/C17H12Br2O5/c18-12-5-9(7-14(21)16(12)23)1-3-11(20)4-2-10-6-13(19)17(24)15(22)8-10/h1-8,21-24H/b3-1+,4-2+. The van der Waals surface area contributed by atoms with Crippen molar-refractivity contribution in [1.82, 2.24) is 0 Å². The second-order valence-electron chi connectivity index (χ2n) is 4.81. The Morgan fingerprint density at radius 3 is 1.46 bits per heavy atom. The van der Waals surface area contributed by atoms with Gasteiger partial charge < -0.3 is 20.4 Å². The number of phenolic OH excluding ortho intramolecular Hbond substituents is 4. The molecule has 4 N–H and O–H groups in total. The number of allylic oxidation sites excluding steroid dienone is 2. The highest BCUT2D eigenvalue weighted by Crippen LogP contribution is 2.35. The molecule has 0 fully saturated rings. The highest BCUT2D eigenvalue weighted by molar-refractivity contribution is 9.10. The molecule has 0 aliphatic heterocycles. The summed E-state index contributed by atoms with van der Waals surface area (Å²) in [5.41, 5.74) is 1.06. The SMILES string of the molecule is O=C(/C=C/c1cc(O)c(O)c(Br)c1)/C=C/c1cc(O)c(O)c(Br)c1. The quantitative estimate of drug-likeness (QED) is 0.406. The Labute approximate surface area is 154 Å². The fourth-order valence-corrected chi connectivity index (χ4v) is 2.75. The normalized spacial score (nSPS) is 11.4. The molecule has 0 aliphatic carbocycles. The number of ketones is 1. The van der Waals surface area contributed by atoms with Crippen LogP contribution in [-0.2, 0) is 4.79 Å². The van der Waals surface area contributed by atoms with Crippen LogP contribution in [0.5, 0.6) is 23.0 Å². The van der Waals surface area contributed by atoms with Crippen molar-refractivity contribution in [2.75, 3.05) is 0 Å². The molecule has 124 valence electrons. The van der Waals surface area contributed by atoms with E-state index in [1.165, 1.54) is 36.4 Å². The zero-order valence-corrected chi connectivity index (χ0v) is 15.2. The predicted octanol–water partition coefficient (Wildman–Crippen LogP) is 4.33. The molecule has 2 aromatic rings. The highest BCUT2D eigenvalue weighted by atomic mass is 79.9. The number of halogens is 2. The monoisotopic (exact) mass is 454 g/mol. The number of carbonyl (C=O) groups is 1. The molecule has 0 amide bonds. The van der Waals surface area contributed by atoms with E-state index >= 15 is 0 Å². The second kappa shape index (κ2) is 7.55. The van der Waals surface area contributed by atoms with Crippen LogP contribution < -0.4 is 0 Å². The van der Waals surface area contributed by atoms with Crippen molar-refractivity contribution in [3.8, 4) is 23.0 Å². The first-order valence-electron chi connectivity index (χ1n) is 6.61. The number of aromatic hydroxyl groups is 4. The van der Waals surface area contributed by atoms with Crippen LogP contribution in [0.2, 0.25) is 0 Å². The fraction of sp³-hybridized carbons (Fsp3) is 0. The topological polar surface area (TPSA) is 98.0 Å². The Hall–Kier alpha value is -2.25. The van der Waals surface area contributed by atoms with Crippen LogP contribution in [0.3, 0.4) is 0 Å². The molecule has 0 saturated heterocycles. The van der Waals surface area contributed by atoms with Gasteiger partial charge in [-0.3, -0.25) is 4.79 Å². The molecule has 0 spiro atoms. The molecular weight excluding hydrogens is 444 g/mol. The summed E-state index contributed by atoms with van der Waals surface area (Å²) in [5.74, 6) is -1.44. The largest absolute Gasteiger partial charge is 0.504 e. The summed E-state index contributed by atoms with van der Waals surface area (Å²) in [4.78, 5) is 11.8. The number of hydrogen-bond acceptors (Lipinski definition) is 5. The zero-order chi connectivity index (χ0) is 17.9. The van der Waals surface area contributed by atoms with Crippen LogP contribution in [0, 0.1) is 0 Å². The van der Waals surface area contributed by atoms with E-state index in [2.05, 4.69) is 31.9 Å². The van der Waals surface area contributed by atoms with Gasteiger partial charge in [0.05, 0.1) is 8.95 Å². The van der Waals surface area contributed by atoms with E-state index in [-0.39, 0.29) is 28.8 Å². The lowest BCUT2D eigenvalue weighted by Gasteiger charge is -2.02. The van der Waals surface area contributed by atoms with Crippen molar-refractivity contribution in [2.45, 2.75) is 0 Å². The molecule has 0 saturated carbocycles. The number of hydrogen-bond donors (Lipinski definition) is 4. The first kappa shape index (κ1) is 18.1. The Morgan fingerprint density at radius 1 is 0.750 bits per heavy atom. The van der Waals surface area contributed by atoms with E-state index in [4.69, 9.17) is 0 Å². The van der Waals surface area contributed by atoms with Gasteiger partial charge in [-0.25, -0.2) is 0 Å². The maximum Gasteiger partial charge on any atom is 0.178 e. The predicted molar refractivity (Wildman–Crippen MR) is 98.0 cm³/mol. The van der Waals surface area contributed by atoms with Gasteiger partial charge in [0.25, 0.3) is 0 Å². The maximum absolute atomic E-state index is 11.8. The van der Waals surface area contributed by atoms with E-state index in [0.29, 0.717) is 20.1 Å². The Bertz CT molecular complexity index is 741. The summed E-state index contributed by atoms with van der Waals surface area (Å²) >= 11 is 6.19. The van der Waals surface area contributed by atoms with Gasteiger partial charge >= 0.3 is 0 Å². The molecule has 0 atom stereocenters. The number of rotatable bonds is 4. The van der Waals surface area contributed by atoms with Gasteiger partial charge in [0.1, 0.15) is 0 Å². The molecule has 0 aromatic heterocycles. The van der Waals surface area contributed by atoms with E-state index in [0.717, 1.165) is 0 Å². The minimum absolute atomic E-state index is 0.268. The molecule has 0 heterocycles. The Morgan fingerprint density at radius 2 is 1.12 bits per heavy atom. The third kappa shape index (κ3) is 4.39. The van der Waals surface area contributed by atoms with Gasteiger partial charge in [0.2, 0.25) is 0 Å². The first-order valence-corrected chi connectivity index (χ1v) is 8.19. The fourth-order valence-electron chi connectivity index (χ4n) is 1.81. The summed E-state index contributed by atoms with van der Waals surface area (Å²) < 4.78 is 0.629. The van der Waals surface area contributed by atoms with Crippen molar-refractivity contribution in [3.05, 3.63) is 56.5 Å². The molecule has 24 heavy (non-hydrogen) atoms. The average molecular weight is 456 g/mol. The Balaban J connectivity index is 2.13. The van der Waals surface area contributed by atoms with Crippen LogP contribution in [-0.4, -0.2) is 26.2 Å². The van der Waals surface area contributed by atoms with E-state index < -0.39 is 0 Å². The van der Waals surface area contributed by atoms with Crippen LogP contribution in [0.25, 0.3) is 12.2 Å². The number of phenols is 4. The van der Waals surface area contributed by atoms with Gasteiger partial charge in [0, 0.05) is 0 Å². The van der Waals surface area contributed by atoms with E-state index in [1.54, 1.807) is 12.1 Å². The molecule has 0 unspecified atom stereocenters. The molecule has 2 aromatic carbocycles. The molecular formula is C17H12Br2O5. The molecule has 0 radical (unpaired) electrons. The zero-order valence-electron chi connectivity index (χ0n) is 12.1. The second-order valence-corrected chi connectivity index (χ2v) is 6.52. The minimum Gasteiger partial charge on any atom is -0.504 e. The molecule has 7 heteroatoms. The summed E-state index contributed by atoms with van der Waals surface area (Å²) in [6.45, 7) is 0. The molecule has 2 rings (SSSR count). The van der Waals surface area contributed by atoms with E-state index in [9.17, 15) is 25.2 Å². The van der Waals surface area contributed by atoms with Gasteiger partial charge in [-0.2, -0.15) is 0 Å². The van der Waals surface area contributed by atoms with Gasteiger partial charge in [0.15, 0.2) is 28.8 Å². The van der Waals surface area contributed by atoms with Crippen molar-refractivity contribution >= 4 is 49.8 Å². The maximum atomic E-state index is 11.8. The van der Waals surface area contributed by atoms with Crippen LogP contribution in [0.4, 0.5) is 0 Å². The van der Waals surface area contributed by atoms with Gasteiger partial charge in [-0.1, -0.05) is 12.2 Å². The van der Waals surface area contributed by atoms with Gasteiger partial charge in [-0.05, 0) is 79.4 Å². The lowest BCUT2D eigenvalue weighted by atomic mass is 10.1. The Kier molecular flexibility index (Phi) is 5.69. The summed E-state index contributed by atoms with van der Waals surface area (Å²) in [5, 5.41) is 37.9. The first-order chi connectivity index (χ1) is 11.3. The summed E-state index contributed by atoms with van der Waals surface area (Å²) in [6, 6.07) is 5.75. The van der Waals surface area contributed by atoms with Crippen molar-refractivity contribution in [1.29, 1.82) is 0 Å². The third-order valence-electron chi connectivity index (χ3n) is 3.01. The van der Waals surface area contributed by atoms with Crippen LogP contribution in [0.15, 0.2) is 45.4 Å². The third-order valence-corrected chi connectivity index (χ3v) is 4.22. The number of carbonyl (C=O) groups excluding carboxylic acids is 1. The lowest BCUT2D eigenvalue weighted by molar-refractivity contribution is -0.110. The van der Waals surface area contributed by atoms with Crippen molar-refractivity contribution in [3.63, 3.8) is 0 Å². The molecule has 5 nitrogen and oxygen atoms in total. The van der Waals surface area contributed by atoms with Crippen LogP contribution in [0.1, 0.15) is 11.1 Å². The van der Waals surface area contributed by atoms with Crippen molar-refractivity contribution < 1.29 is 25.2 Å². The molecule has 0 aliphatic rings. The number of benzene rings is 2. The van der Waals surface area contributed by atoms with E-state index in [1.807, 2.05) is 0 Å².